The first-order valence-corrected chi connectivity index (χ1v) is 8.19. The van der Waals surface area contributed by atoms with Crippen LogP contribution in [0.15, 0.2) is 30.3 Å². The van der Waals surface area contributed by atoms with Gasteiger partial charge in [-0.05, 0) is 32.7 Å². The summed E-state index contributed by atoms with van der Waals surface area (Å²) in [6, 6.07) is 10.0. The van der Waals surface area contributed by atoms with Crippen molar-refractivity contribution in [3.63, 3.8) is 0 Å². The predicted octanol–water partition coefficient (Wildman–Crippen LogP) is 2.46. The molecule has 5 nitrogen and oxygen atoms in total. The molecule has 2 unspecified atom stereocenters. The number of ether oxygens (including phenoxy) is 2. The third kappa shape index (κ3) is 3.55. The second-order valence-corrected chi connectivity index (χ2v) is 6.48. The Labute approximate surface area is 136 Å². The van der Waals surface area contributed by atoms with Gasteiger partial charge >= 0.3 is 11.9 Å². The van der Waals surface area contributed by atoms with Gasteiger partial charge < -0.3 is 14.4 Å². The van der Waals surface area contributed by atoms with Gasteiger partial charge in [0, 0.05) is 24.6 Å². The number of rotatable bonds is 4. The van der Waals surface area contributed by atoms with Crippen LogP contribution in [0.2, 0.25) is 0 Å². The molecule has 5 heteroatoms. The largest absolute Gasteiger partial charge is 0.459 e. The summed E-state index contributed by atoms with van der Waals surface area (Å²) in [6.07, 6.45) is 2.99. The molecule has 0 aromatic heterocycles. The first-order chi connectivity index (χ1) is 11.0. The predicted molar refractivity (Wildman–Crippen MR) is 84.6 cm³/mol. The first kappa shape index (κ1) is 16.0. The van der Waals surface area contributed by atoms with Crippen LogP contribution in [0.3, 0.4) is 0 Å². The molecule has 2 aliphatic heterocycles. The smallest absolute Gasteiger partial charge is 0.352 e. The van der Waals surface area contributed by atoms with Crippen LogP contribution in [0.4, 0.5) is 0 Å². The lowest BCUT2D eigenvalue weighted by molar-refractivity contribution is -0.173. The number of nitrogens with zero attached hydrogens (tertiary/aromatic N) is 1. The van der Waals surface area contributed by atoms with Gasteiger partial charge in [0.15, 0.2) is 0 Å². The van der Waals surface area contributed by atoms with Crippen molar-refractivity contribution in [1.29, 1.82) is 0 Å². The van der Waals surface area contributed by atoms with E-state index in [0.717, 1.165) is 12.8 Å². The lowest BCUT2D eigenvalue weighted by Crippen LogP contribution is -2.43. The molecule has 1 aromatic carbocycles. The van der Waals surface area contributed by atoms with E-state index in [1.807, 2.05) is 18.2 Å². The van der Waals surface area contributed by atoms with Gasteiger partial charge in [-0.2, -0.15) is 0 Å². The Hall–Kier alpha value is -1.88. The highest BCUT2D eigenvalue weighted by Crippen LogP contribution is 2.36. The zero-order valence-corrected chi connectivity index (χ0v) is 13.6. The number of benzene rings is 1. The Kier molecular flexibility index (Phi) is 4.66. The lowest BCUT2D eigenvalue weighted by Gasteiger charge is -2.36. The number of esters is 2. The van der Waals surface area contributed by atoms with Crippen LogP contribution in [-0.4, -0.2) is 42.1 Å². The molecule has 0 saturated carbocycles. The van der Waals surface area contributed by atoms with Crippen molar-refractivity contribution in [3.8, 4) is 0 Å². The molecule has 23 heavy (non-hydrogen) atoms. The van der Waals surface area contributed by atoms with Crippen LogP contribution in [-0.2, 0) is 19.1 Å². The molecule has 2 bridgehead atoms. The number of carbonyl (C=O) groups is 2. The highest BCUT2D eigenvalue weighted by atomic mass is 16.6. The van der Waals surface area contributed by atoms with Gasteiger partial charge in [0.05, 0.1) is 0 Å². The second kappa shape index (κ2) is 6.71. The Morgan fingerprint density at radius 2 is 1.74 bits per heavy atom. The van der Waals surface area contributed by atoms with Crippen molar-refractivity contribution in [1.82, 2.24) is 4.90 Å². The maximum atomic E-state index is 12.5. The molecule has 0 amide bonds. The second-order valence-electron chi connectivity index (χ2n) is 6.48. The summed E-state index contributed by atoms with van der Waals surface area (Å²) in [5, 5.41) is 0. The minimum Gasteiger partial charge on any atom is -0.459 e. The molecule has 2 aliphatic rings. The van der Waals surface area contributed by atoms with Crippen molar-refractivity contribution >= 4 is 11.9 Å². The van der Waals surface area contributed by atoms with Crippen molar-refractivity contribution in [2.24, 2.45) is 0 Å². The topological polar surface area (TPSA) is 55.8 Å². The fourth-order valence-electron chi connectivity index (χ4n) is 3.73. The van der Waals surface area contributed by atoms with Gasteiger partial charge in [-0.3, -0.25) is 4.79 Å². The van der Waals surface area contributed by atoms with Crippen LogP contribution in [0.5, 0.6) is 0 Å². The minimum atomic E-state index is -0.981. The summed E-state index contributed by atoms with van der Waals surface area (Å²) < 4.78 is 10.9. The number of carbonyl (C=O) groups excluding carboxylic acids is 2. The van der Waals surface area contributed by atoms with E-state index in [9.17, 15) is 9.59 Å². The maximum Gasteiger partial charge on any atom is 0.352 e. The molecule has 2 saturated heterocycles. The number of hydrogen-bond donors (Lipinski definition) is 0. The molecule has 0 N–H and O–H groups in total. The van der Waals surface area contributed by atoms with E-state index in [1.54, 1.807) is 12.1 Å². The van der Waals surface area contributed by atoms with Crippen molar-refractivity contribution in [3.05, 3.63) is 35.9 Å². The van der Waals surface area contributed by atoms with Crippen molar-refractivity contribution in [2.75, 3.05) is 7.05 Å². The molecule has 2 heterocycles. The third-order valence-corrected chi connectivity index (χ3v) is 4.94. The van der Waals surface area contributed by atoms with E-state index >= 15 is 0 Å². The van der Waals surface area contributed by atoms with Gasteiger partial charge in [0.2, 0.25) is 6.10 Å². The van der Waals surface area contributed by atoms with Crippen LogP contribution >= 0.6 is 0 Å². The molecule has 0 spiro atoms. The number of hydrogen-bond acceptors (Lipinski definition) is 5. The molecule has 2 fully saturated rings. The van der Waals surface area contributed by atoms with E-state index in [2.05, 4.69) is 11.9 Å². The number of fused-ring (bicyclic) bond motifs is 2. The SMILES string of the molecule is CC(=O)OC(C(=O)OC1C[C@H]2CC[C@@H](C1)N2C)c1ccccc1. The molecule has 0 radical (unpaired) electrons. The molecule has 1 aromatic rings. The zero-order valence-electron chi connectivity index (χ0n) is 13.6. The highest BCUT2D eigenvalue weighted by Gasteiger charge is 2.40. The molecular formula is C18H23NO4. The van der Waals surface area contributed by atoms with Crippen LogP contribution in [0, 0.1) is 0 Å². The fraction of sp³-hybridized carbons (Fsp3) is 0.556. The molecule has 3 rings (SSSR count). The quantitative estimate of drug-likeness (QED) is 0.799. The average molecular weight is 317 g/mol. The molecule has 0 aliphatic carbocycles. The van der Waals surface area contributed by atoms with E-state index in [4.69, 9.17) is 9.47 Å². The minimum absolute atomic E-state index is 0.0852. The standard InChI is InChI=1S/C18H23NO4/c1-12(20)22-17(13-6-4-3-5-7-13)18(21)23-16-10-14-8-9-15(11-16)19(14)2/h3-7,14-17H,8-11H2,1-2H3/t14-,15+,16?,17?. The number of piperidine rings is 1. The van der Waals surface area contributed by atoms with Gasteiger partial charge in [-0.15, -0.1) is 0 Å². The van der Waals surface area contributed by atoms with Crippen LogP contribution in [0.1, 0.15) is 44.3 Å². The molecule has 124 valence electrons. The summed E-state index contributed by atoms with van der Waals surface area (Å²) in [5.74, 6) is -0.959. The Balaban J connectivity index is 1.68. The van der Waals surface area contributed by atoms with Crippen LogP contribution in [0.25, 0.3) is 0 Å². The van der Waals surface area contributed by atoms with E-state index in [1.165, 1.54) is 19.8 Å². The molecular weight excluding hydrogens is 294 g/mol. The lowest BCUT2D eigenvalue weighted by atomic mass is 10.0. The van der Waals surface area contributed by atoms with Gasteiger partial charge in [0.1, 0.15) is 6.10 Å². The van der Waals surface area contributed by atoms with E-state index < -0.39 is 18.0 Å². The molecule has 4 atom stereocenters. The van der Waals surface area contributed by atoms with Crippen molar-refractivity contribution < 1.29 is 19.1 Å². The zero-order chi connectivity index (χ0) is 16.4. The maximum absolute atomic E-state index is 12.5. The Morgan fingerprint density at radius 1 is 1.13 bits per heavy atom. The Bertz CT molecular complexity index is 560. The summed E-state index contributed by atoms with van der Waals surface area (Å²) in [6.45, 7) is 1.30. The summed E-state index contributed by atoms with van der Waals surface area (Å²) in [5.41, 5.74) is 0.642. The highest BCUT2D eigenvalue weighted by molar-refractivity contribution is 5.80. The van der Waals surface area contributed by atoms with Gasteiger partial charge in [0.25, 0.3) is 0 Å². The third-order valence-electron chi connectivity index (χ3n) is 4.94. The summed E-state index contributed by atoms with van der Waals surface area (Å²) in [4.78, 5) is 26.3. The van der Waals surface area contributed by atoms with Crippen molar-refractivity contribution in [2.45, 2.75) is 56.9 Å². The Morgan fingerprint density at radius 3 is 2.30 bits per heavy atom. The fourth-order valence-corrected chi connectivity index (χ4v) is 3.73. The van der Waals surface area contributed by atoms with Gasteiger partial charge in [-0.25, -0.2) is 4.79 Å². The van der Waals surface area contributed by atoms with Gasteiger partial charge in [-0.1, -0.05) is 30.3 Å². The van der Waals surface area contributed by atoms with E-state index in [0.29, 0.717) is 17.6 Å². The van der Waals surface area contributed by atoms with E-state index in [-0.39, 0.29) is 6.10 Å². The normalized spacial score (nSPS) is 28.2. The first-order valence-electron chi connectivity index (χ1n) is 8.19. The summed E-state index contributed by atoms with van der Waals surface area (Å²) >= 11 is 0. The monoisotopic (exact) mass is 317 g/mol. The average Bonchev–Trinajstić information content (AvgIpc) is 2.75. The summed E-state index contributed by atoms with van der Waals surface area (Å²) in [7, 11) is 2.14. The van der Waals surface area contributed by atoms with Crippen LogP contribution < -0.4 is 0 Å².